The number of aliphatic carboxylic acids is 1. The van der Waals surface area contributed by atoms with Crippen LogP contribution < -0.4 is 10.6 Å². The number of anilines is 1. The van der Waals surface area contributed by atoms with Gasteiger partial charge in [-0.05, 0) is 37.0 Å². The van der Waals surface area contributed by atoms with Crippen molar-refractivity contribution in [2.75, 3.05) is 11.9 Å². The molecule has 0 aliphatic carbocycles. The van der Waals surface area contributed by atoms with Gasteiger partial charge in [-0.3, -0.25) is 4.79 Å². The normalized spacial score (nSPS) is 11.8. The van der Waals surface area contributed by atoms with Gasteiger partial charge in [0.1, 0.15) is 0 Å². The van der Waals surface area contributed by atoms with Crippen LogP contribution in [0.4, 0.5) is 10.5 Å². The third-order valence-electron chi connectivity index (χ3n) is 2.98. The van der Waals surface area contributed by atoms with Gasteiger partial charge in [0.2, 0.25) is 0 Å². The van der Waals surface area contributed by atoms with Gasteiger partial charge >= 0.3 is 12.0 Å². The van der Waals surface area contributed by atoms with Crippen molar-refractivity contribution in [1.82, 2.24) is 5.32 Å². The molecule has 6 heteroatoms. The van der Waals surface area contributed by atoms with Crippen LogP contribution in [0.2, 0.25) is 0 Å². The summed E-state index contributed by atoms with van der Waals surface area (Å²) in [5.41, 5.74) is 1.71. The van der Waals surface area contributed by atoms with Gasteiger partial charge in [0, 0.05) is 23.1 Å². The molecule has 0 radical (unpaired) electrons. The molecule has 1 unspecified atom stereocenters. The second-order valence-electron chi connectivity index (χ2n) is 4.79. The van der Waals surface area contributed by atoms with E-state index in [9.17, 15) is 9.59 Å². The van der Waals surface area contributed by atoms with Crippen molar-refractivity contribution >= 4 is 33.6 Å². The van der Waals surface area contributed by atoms with Crippen molar-refractivity contribution in [1.29, 1.82) is 0 Å². The average Bonchev–Trinajstić information content (AvgIpc) is 2.39. The van der Waals surface area contributed by atoms with Crippen molar-refractivity contribution in [3.8, 4) is 0 Å². The Morgan fingerprint density at radius 3 is 2.75 bits per heavy atom. The molecule has 0 aliphatic heterocycles. The van der Waals surface area contributed by atoms with Crippen LogP contribution in [0.15, 0.2) is 22.7 Å². The van der Waals surface area contributed by atoms with Gasteiger partial charge < -0.3 is 15.7 Å². The number of hydrogen-bond acceptors (Lipinski definition) is 2. The number of halogens is 1. The number of urea groups is 1. The minimum atomic E-state index is -0.814. The van der Waals surface area contributed by atoms with Crippen molar-refractivity contribution < 1.29 is 14.7 Å². The minimum absolute atomic E-state index is 0.120. The zero-order valence-electron chi connectivity index (χ0n) is 11.6. The molecule has 5 nitrogen and oxygen atoms in total. The number of carbonyl (C=O) groups is 2. The molecular formula is C14H19BrN2O3. The summed E-state index contributed by atoms with van der Waals surface area (Å²) in [6, 6.07) is 5.30. The quantitative estimate of drug-likeness (QED) is 0.741. The van der Waals surface area contributed by atoms with Crippen molar-refractivity contribution in [2.24, 2.45) is 5.92 Å². The van der Waals surface area contributed by atoms with Crippen LogP contribution in [0.3, 0.4) is 0 Å². The summed E-state index contributed by atoms with van der Waals surface area (Å²) < 4.78 is 0.935. The molecule has 0 saturated carbocycles. The van der Waals surface area contributed by atoms with E-state index in [1.165, 1.54) is 0 Å². The van der Waals surface area contributed by atoms with Crippen molar-refractivity contribution in [3.63, 3.8) is 0 Å². The second kappa shape index (κ2) is 7.89. The molecule has 110 valence electrons. The van der Waals surface area contributed by atoms with Gasteiger partial charge in [-0.15, -0.1) is 0 Å². The molecule has 1 aromatic carbocycles. The molecule has 0 aromatic heterocycles. The van der Waals surface area contributed by atoms with Gasteiger partial charge in [0.15, 0.2) is 0 Å². The van der Waals surface area contributed by atoms with Crippen LogP contribution in [0.5, 0.6) is 0 Å². The molecule has 20 heavy (non-hydrogen) atoms. The number of carboxylic acid groups (broad SMARTS) is 1. The number of carboxylic acids is 1. The van der Waals surface area contributed by atoms with Crippen LogP contribution in [-0.2, 0) is 4.79 Å². The smallest absolute Gasteiger partial charge is 0.319 e. The van der Waals surface area contributed by atoms with E-state index in [0.717, 1.165) is 15.7 Å². The van der Waals surface area contributed by atoms with Gasteiger partial charge in [-0.25, -0.2) is 4.79 Å². The van der Waals surface area contributed by atoms with Gasteiger partial charge in [0.25, 0.3) is 0 Å². The molecule has 1 rings (SSSR count). The molecule has 1 atom stereocenters. The second-order valence-corrected chi connectivity index (χ2v) is 5.64. The van der Waals surface area contributed by atoms with E-state index < -0.39 is 5.97 Å². The number of benzene rings is 1. The monoisotopic (exact) mass is 342 g/mol. The molecule has 3 N–H and O–H groups in total. The Hall–Kier alpha value is -1.56. The maximum absolute atomic E-state index is 11.8. The van der Waals surface area contributed by atoms with Crippen molar-refractivity contribution in [2.45, 2.75) is 26.7 Å². The van der Waals surface area contributed by atoms with Crippen molar-refractivity contribution in [3.05, 3.63) is 28.2 Å². The molecule has 2 amide bonds. The molecule has 0 fully saturated rings. The average molecular weight is 343 g/mol. The molecular weight excluding hydrogens is 324 g/mol. The summed E-state index contributed by atoms with van der Waals surface area (Å²) in [4.78, 5) is 22.2. The summed E-state index contributed by atoms with van der Waals surface area (Å²) >= 11 is 3.40. The summed E-state index contributed by atoms with van der Waals surface area (Å²) in [6.45, 7) is 4.27. The van der Waals surface area contributed by atoms with E-state index >= 15 is 0 Å². The number of nitrogens with one attached hydrogen (secondary N) is 2. The van der Waals surface area contributed by atoms with Gasteiger partial charge in [-0.1, -0.05) is 28.9 Å². The zero-order chi connectivity index (χ0) is 15.1. The fraction of sp³-hybridized carbons (Fsp3) is 0.429. The maximum atomic E-state index is 11.8. The van der Waals surface area contributed by atoms with E-state index in [-0.39, 0.29) is 18.4 Å². The number of hydrogen-bond donors (Lipinski definition) is 3. The number of amides is 2. The van der Waals surface area contributed by atoms with E-state index in [2.05, 4.69) is 26.6 Å². The predicted molar refractivity (Wildman–Crippen MR) is 81.9 cm³/mol. The Morgan fingerprint density at radius 2 is 2.10 bits per heavy atom. The molecule has 1 aromatic rings. The minimum Gasteiger partial charge on any atom is -0.481 e. The highest BCUT2D eigenvalue weighted by Crippen LogP contribution is 2.23. The van der Waals surface area contributed by atoms with Gasteiger partial charge in [0.05, 0.1) is 0 Å². The first-order valence-corrected chi connectivity index (χ1v) is 7.21. The molecule has 0 spiro atoms. The lowest BCUT2D eigenvalue weighted by Gasteiger charge is -2.13. The van der Waals surface area contributed by atoms with Gasteiger partial charge in [-0.2, -0.15) is 0 Å². The Bertz CT molecular complexity index is 491. The molecule has 0 aliphatic rings. The Balaban J connectivity index is 2.40. The summed E-state index contributed by atoms with van der Waals surface area (Å²) in [5.74, 6) is -0.688. The summed E-state index contributed by atoms with van der Waals surface area (Å²) in [6.07, 6.45) is 0.667. The van der Waals surface area contributed by atoms with Crippen LogP contribution in [-0.4, -0.2) is 23.7 Å². The lowest BCUT2D eigenvalue weighted by Crippen LogP contribution is -2.32. The summed E-state index contributed by atoms with van der Waals surface area (Å²) in [7, 11) is 0. The fourth-order valence-electron chi connectivity index (χ4n) is 1.65. The Morgan fingerprint density at radius 1 is 1.40 bits per heavy atom. The topological polar surface area (TPSA) is 78.4 Å². The highest BCUT2D eigenvalue weighted by molar-refractivity contribution is 9.10. The van der Waals surface area contributed by atoms with Crippen LogP contribution >= 0.6 is 15.9 Å². The third kappa shape index (κ3) is 5.61. The standard InChI is InChI=1S/C14H19BrN2O3/c1-9(6-7-13(18)19)8-16-14(20)17-12-5-3-4-11(15)10(12)2/h3-5,9H,6-8H2,1-2H3,(H,18,19)(H2,16,17,20). The maximum Gasteiger partial charge on any atom is 0.319 e. The Kier molecular flexibility index (Phi) is 6.51. The lowest BCUT2D eigenvalue weighted by molar-refractivity contribution is -0.137. The third-order valence-corrected chi connectivity index (χ3v) is 3.84. The highest BCUT2D eigenvalue weighted by atomic mass is 79.9. The van der Waals surface area contributed by atoms with Crippen LogP contribution in [0.1, 0.15) is 25.3 Å². The SMILES string of the molecule is Cc1c(Br)cccc1NC(=O)NCC(C)CCC(=O)O. The molecule has 0 bridgehead atoms. The van der Waals surface area contributed by atoms with Crippen LogP contribution in [0, 0.1) is 12.8 Å². The Labute approximate surface area is 126 Å². The first-order valence-electron chi connectivity index (χ1n) is 6.42. The van der Waals surface area contributed by atoms with E-state index in [1.54, 1.807) is 0 Å². The number of rotatable bonds is 6. The lowest BCUT2D eigenvalue weighted by atomic mass is 10.1. The highest BCUT2D eigenvalue weighted by Gasteiger charge is 2.09. The van der Waals surface area contributed by atoms with E-state index in [4.69, 9.17) is 5.11 Å². The van der Waals surface area contributed by atoms with Crippen LogP contribution in [0.25, 0.3) is 0 Å². The first-order chi connectivity index (χ1) is 9.40. The van der Waals surface area contributed by atoms with E-state index in [0.29, 0.717) is 13.0 Å². The zero-order valence-corrected chi connectivity index (χ0v) is 13.2. The molecule has 0 heterocycles. The first kappa shape index (κ1) is 16.5. The largest absolute Gasteiger partial charge is 0.481 e. The summed E-state index contributed by atoms with van der Waals surface area (Å²) in [5, 5.41) is 14.1. The fourth-order valence-corrected chi connectivity index (χ4v) is 2.01. The predicted octanol–water partition coefficient (Wildman–Crippen LogP) is 3.38. The van der Waals surface area contributed by atoms with E-state index in [1.807, 2.05) is 32.0 Å². The number of carbonyl (C=O) groups excluding carboxylic acids is 1. The molecule has 0 saturated heterocycles.